The fourth-order valence-electron chi connectivity index (χ4n) is 3.12. The zero-order valence-corrected chi connectivity index (χ0v) is 15.1. The van der Waals surface area contributed by atoms with E-state index in [1.54, 1.807) is 29.2 Å². The molecule has 0 aromatic heterocycles. The fraction of sp³-hybridized carbons (Fsp3) is 0.300. The van der Waals surface area contributed by atoms with E-state index in [0.717, 1.165) is 28.8 Å². The minimum atomic E-state index is -0.636. The molecule has 4 nitrogen and oxygen atoms in total. The van der Waals surface area contributed by atoms with Crippen LogP contribution < -0.4 is 5.32 Å². The van der Waals surface area contributed by atoms with Gasteiger partial charge in [-0.3, -0.25) is 9.59 Å². The van der Waals surface area contributed by atoms with Gasteiger partial charge in [-0.1, -0.05) is 48.9 Å². The van der Waals surface area contributed by atoms with Gasteiger partial charge in [0, 0.05) is 23.7 Å². The summed E-state index contributed by atoms with van der Waals surface area (Å²) >= 11 is 5.96. The topological polar surface area (TPSA) is 49.4 Å². The van der Waals surface area contributed by atoms with Crippen molar-refractivity contribution in [2.45, 2.75) is 32.7 Å². The number of nitrogens with zero attached hydrogens (tertiary/aromatic N) is 1. The Morgan fingerprint density at radius 2 is 1.96 bits per heavy atom. The highest BCUT2D eigenvalue weighted by molar-refractivity contribution is 6.30. The van der Waals surface area contributed by atoms with Crippen LogP contribution in [0.25, 0.3) is 0 Å². The molecular weight excluding hydrogens is 336 g/mol. The number of aryl methyl sites for hydroxylation is 2. The van der Waals surface area contributed by atoms with Crippen molar-refractivity contribution >= 4 is 29.1 Å². The second-order valence-electron chi connectivity index (χ2n) is 6.24. The van der Waals surface area contributed by atoms with Crippen molar-refractivity contribution in [2.75, 3.05) is 11.9 Å². The van der Waals surface area contributed by atoms with Crippen molar-refractivity contribution < 1.29 is 9.59 Å². The predicted molar refractivity (Wildman–Crippen MR) is 99.7 cm³/mol. The molecule has 130 valence electrons. The molecule has 2 aromatic rings. The van der Waals surface area contributed by atoms with Crippen LogP contribution in [0.2, 0.25) is 5.02 Å². The van der Waals surface area contributed by atoms with Crippen LogP contribution in [-0.2, 0) is 16.0 Å². The number of halogens is 1. The van der Waals surface area contributed by atoms with Crippen LogP contribution in [0.1, 0.15) is 36.1 Å². The van der Waals surface area contributed by atoms with Gasteiger partial charge in [0.25, 0.3) is 5.91 Å². The third kappa shape index (κ3) is 3.54. The molecule has 0 spiro atoms. The van der Waals surface area contributed by atoms with Crippen molar-refractivity contribution in [1.82, 2.24) is 4.90 Å². The van der Waals surface area contributed by atoms with Crippen molar-refractivity contribution in [2.24, 2.45) is 0 Å². The van der Waals surface area contributed by atoms with Crippen molar-refractivity contribution in [3.8, 4) is 0 Å². The lowest BCUT2D eigenvalue weighted by Crippen LogP contribution is -2.49. The first-order valence-electron chi connectivity index (χ1n) is 8.45. The Labute approximate surface area is 152 Å². The minimum absolute atomic E-state index is 0.00408. The highest BCUT2D eigenvalue weighted by Gasteiger charge is 2.36. The largest absolute Gasteiger partial charge is 0.326 e. The quantitative estimate of drug-likeness (QED) is 0.819. The van der Waals surface area contributed by atoms with Gasteiger partial charge in [0.05, 0.1) is 0 Å². The summed E-state index contributed by atoms with van der Waals surface area (Å²) in [6, 6.07) is 12.4. The number of anilines is 1. The number of carbonyl (C=O) groups excluding carboxylic acids is 2. The molecule has 2 amide bonds. The van der Waals surface area contributed by atoms with Crippen molar-refractivity contribution in [3.05, 3.63) is 64.2 Å². The van der Waals surface area contributed by atoms with Crippen LogP contribution in [0.15, 0.2) is 42.5 Å². The fourth-order valence-corrected chi connectivity index (χ4v) is 3.24. The van der Waals surface area contributed by atoms with Gasteiger partial charge in [-0.05, 0) is 42.2 Å². The number of carbonyl (C=O) groups is 2. The summed E-state index contributed by atoms with van der Waals surface area (Å²) in [4.78, 5) is 26.7. The summed E-state index contributed by atoms with van der Waals surface area (Å²) in [6.45, 7) is 4.62. The Morgan fingerprint density at radius 1 is 1.24 bits per heavy atom. The number of hydrogen-bond donors (Lipinski definition) is 1. The lowest BCUT2D eigenvalue weighted by atomic mass is 9.99. The normalized spacial score (nSPS) is 14.8. The second kappa shape index (κ2) is 7.28. The summed E-state index contributed by atoms with van der Waals surface area (Å²) in [7, 11) is 0. The summed E-state index contributed by atoms with van der Waals surface area (Å²) < 4.78 is 0. The molecule has 0 bridgehead atoms. The molecular formula is C20H21ClN2O2. The number of amides is 2. The molecule has 3 rings (SSSR count). The number of hydrogen-bond acceptors (Lipinski definition) is 2. The van der Waals surface area contributed by atoms with Crippen LogP contribution in [0.5, 0.6) is 0 Å². The number of β-lactam (4-membered cyclic amide) rings is 1. The molecule has 0 radical (unpaired) electrons. The number of likely N-dealkylation sites (tertiary alicyclic amines) is 1. The summed E-state index contributed by atoms with van der Waals surface area (Å²) in [5, 5.41) is 3.65. The SMILES string of the molecule is CCc1cccc(C)c1NC(=O)[C@H](c1ccc(Cl)cc1)N1CCC1=O. The molecule has 1 aliphatic rings. The Bertz CT molecular complexity index is 802. The highest BCUT2D eigenvalue weighted by atomic mass is 35.5. The lowest BCUT2D eigenvalue weighted by molar-refractivity contribution is -0.147. The monoisotopic (exact) mass is 356 g/mol. The molecule has 25 heavy (non-hydrogen) atoms. The third-order valence-electron chi connectivity index (χ3n) is 4.62. The van der Waals surface area contributed by atoms with Gasteiger partial charge in [-0.2, -0.15) is 0 Å². The Balaban J connectivity index is 1.92. The zero-order chi connectivity index (χ0) is 18.0. The maximum atomic E-state index is 13.1. The van der Waals surface area contributed by atoms with Gasteiger partial charge in [-0.15, -0.1) is 0 Å². The average molecular weight is 357 g/mol. The average Bonchev–Trinajstić information content (AvgIpc) is 2.60. The Hall–Kier alpha value is -2.33. The zero-order valence-electron chi connectivity index (χ0n) is 14.4. The Morgan fingerprint density at radius 3 is 2.52 bits per heavy atom. The lowest BCUT2D eigenvalue weighted by Gasteiger charge is -2.37. The van der Waals surface area contributed by atoms with Crippen LogP contribution >= 0.6 is 11.6 Å². The number of rotatable bonds is 5. The first-order chi connectivity index (χ1) is 12.0. The smallest absolute Gasteiger partial charge is 0.251 e. The van der Waals surface area contributed by atoms with Gasteiger partial charge in [-0.25, -0.2) is 0 Å². The molecule has 1 heterocycles. The van der Waals surface area contributed by atoms with Crippen molar-refractivity contribution in [3.63, 3.8) is 0 Å². The standard InChI is InChI=1S/C20H21ClN2O2/c1-3-14-6-4-5-13(2)18(14)22-20(25)19(23-12-11-17(23)24)15-7-9-16(21)10-8-15/h4-10,19H,3,11-12H2,1-2H3,(H,22,25)/t19-/m0/s1. The summed E-state index contributed by atoms with van der Waals surface area (Å²) in [6.07, 6.45) is 1.31. The van der Waals surface area contributed by atoms with Crippen LogP contribution in [0, 0.1) is 6.92 Å². The van der Waals surface area contributed by atoms with E-state index in [2.05, 4.69) is 12.2 Å². The van der Waals surface area contributed by atoms with E-state index in [1.165, 1.54) is 0 Å². The van der Waals surface area contributed by atoms with E-state index in [-0.39, 0.29) is 11.8 Å². The maximum absolute atomic E-state index is 13.1. The van der Waals surface area contributed by atoms with Gasteiger partial charge in [0.2, 0.25) is 5.91 Å². The van der Waals surface area contributed by atoms with Gasteiger partial charge < -0.3 is 10.2 Å². The first kappa shape index (κ1) is 17.5. The van der Waals surface area contributed by atoms with E-state index >= 15 is 0 Å². The number of nitrogens with one attached hydrogen (secondary N) is 1. The molecule has 5 heteroatoms. The van der Waals surface area contributed by atoms with E-state index < -0.39 is 6.04 Å². The van der Waals surface area contributed by atoms with Crippen LogP contribution in [0.3, 0.4) is 0 Å². The molecule has 2 aromatic carbocycles. The van der Waals surface area contributed by atoms with Crippen LogP contribution in [-0.4, -0.2) is 23.3 Å². The molecule has 1 fully saturated rings. The van der Waals surface area contributed by atoms with Crippen LogP contribution in [0.4, 0.5) is 5.69 Å². The van der Waals surface area contributed by atoms with Gasteiger partial charge in [0.1, 0.15) is 6.04 Å². The number of benzene rings is 2. The minimum Gasteiger partial charge on any atom is -0.326 e. The van der Waals surface area contributed by atoms with Gasteiger partial charge >= 0.3 is 0 Å². The maximum Gasteiger partial charge on any atom is 0.251 e. The molecule has 0 aliphatic carbocycles. The summed E-state index contributed by atoms with van der Waals surface area (Å²) in [5.74, 6) is -0.199. The summed E-state index contributed by atoms with van der Waals surface area (Å²) in [5.41, 5.74) is 3.69. The molecule has 1 saturated heterocycles. The third-order valence-corrected chi connectivity index (χ3v) is 4.87. The van der Waals surface area contributed by atoms with E-state index in [4.69, 9.17) is 11.6 Å². The number of para-hydroxylation sites is 1. The molecule has 0 unspecified atom stereocenters. The molecule has 0 saturated carbocycles. The molecule has 1 atom stereocenters. The van der Waals surface area contributed by atoms with Gasteiger partial charge in [0.15, 0.2) is 0 Å². The second-order valence-corrected chi connectivity index (χ2v) is 6.68. The predicted octanol–water partition coefficient (Wildman–Crippen LogP) is 4.12. The van der Waals surface area contributed by atoms with Crippen molar-refractivity contribution in [1.29, 1.82) is 0 Å². The van der Waals surface area contributed by atoms with E-state index in [1.807, 2.05) is 25.1 Å². The first-order valence-corrected chi connectivity index (χ1v) is 8.83. The highest BCUT2D eigenvalue weighted by Crippen LogP contribution is 2.30. The van der Waals surface area contributed by atoms with E-state index in [0.29, 0.717) is 18.0 Å². The molecule has 1 N–H and O–H groups in total. The van der Waals surface area contributed by atoms with E-state index in [9.17, 15) is 9.59 Å². The Kier molecular flexibility index (Phi) is 5.09. The molecule has 1 aliphatic heterocycles.